The third kappa shape index (κ3) is 4.22. The van der Waals surface area contributed by atoms with Crippen LogP contribution in [0, 0.1) is 5.92 Å². The van der Waals surface area contributed by atoms with Crippen molar-refractivity contribution < 1.29 is 9.47 Å². The lowest BCUT2D eigenvalue weighted by Gasteiger charge is -2.39. The zero-order valence-corrected chi connectivity index (χ0v) is 11.9. The maximum absolute atomic E-state index is 6.39. The van der Waals surface area contributed by atoms with Gasteiger partial charge in [-0.2, -0.15) is 0 Å². The van der Waals surface area contributed by atoms with Gasteiger partial charge in [-0.1, -0.05) is 26.2 Å². The molecular formula is C15H29NO2. The van der Waals surface area contributed by atoms with Crippen molar-refractivity contribution in [1.82, 2.24) is 5.32 Å². The van der Waals surface area contributed by atoms with Gasteiger partial charge in [-0.25, -0.2) is 0 Å². The molecule has 3 nitrogen and oxygen atoms in total. The summed E-state index contributed by atoms with van der Waals surface area (Å²) in [7, 11) is 0. The highest BCUT2D eigenvalue weighted by Gasteiger charge is 2.33. The van der Waals surface area contributed by atoms with Gasteiger partial charge in [0.25, 0.3) is 0 Å². The topological polar surface area (TPSA) is 30.5 Å². The van der Waals surface area contributed by atoms with Crippen LogP contribution in [0.4, 0.5) is 0 Å². The Labute approximate surface area is 112 Å². The molecule has 1 N–H and O–H groups in total. The van der Waals surface area contributed by atoms with E-state index in [0.717, 1.165) is 38.8 Å². The number of hydrogen-bond acceptors (Lipinski definition) is 3. The molecule has 3 heteroatoms. The summed E-state index contributed by atoms with van der Waals surface area (Å²) < 4.78 is 11.8. The van der Waals surface area contributed by atoms with Gasteiger partial charge in [0, 0.05) is 19.8 Å². The Kier molecular flexibility index (Phi) is 5.93. The lowest BCUT2D eigenvalue weighted by Crippen LogP contribution is -2.45. The van der Waals surface area contributed by atoms with Gasteiger partial charge in [-0.05, 0) is 38.1 Å². The van der Waals surface area contributed by atoms with Crippen LogP contribution in [0.1, 0.15) is 51.9 Å². The second kappa shape index (κ2) is 7.46. The summed E-state index contributed by atoms with van der Waals surface area (Å²) in [6.45, 7) is 7.04. The molecule has 1 aliphatic heterocycles. The van der Waals surface area contributed by atoms with E-state index in [1.807, 2.05) is 0 Å². The van der Waals surface area contributed by atoms with Gasteiger partial charge in [-0.15, -0.1) is 0 Å². The van der Waals surface area contributed by atoms with Crippen molar-refractivity contribution in [3.8, 4) is 0 Å². The fraction of sp³-hybridized carbons (Fsp3) is 1.00. The van der Waals surface area contributed by atoms with Crippen molar-refractivity contribution in [2.45, 2.75) is 57.5 Å². The SMILES string of the molecule is CCNCC1(OCC2CCOCC2)CCCCC1. The van der Waals surface area contributed by atoms with Crippen LogP contribution in [0.5, 0.6) is 0 Å². The molecule has 0 amide bonds. The number of likely N-dealkylation sites (N-methyl/N-ethyl adjacent to an activating group) is 1. The summed E-state index contributed by atoms with van der Waals surface area (Å²) in [5.74, 6) is 0.721. The van der Waals surface area contributed by atoms with E-state index >= 15 is 0 Å². The lowest BCUT2D eigenvalue weighted by molar-refractivity contribution is -0.0927. The van der Waals surface area contributed by atoms with E-state index in [2.05, 4.69) is 12.2 Å². The standard InChI is InChI=1S/C15H29NO2/c1-2-16-13-15(8-4-3-5-9-15)18-12-14-6-10-17-11-7-14/h14,16H,2-13H2,1H3. The first-order chi connectivity index (χ1) is 8.85. The quantitative estimate of drug-likeness (QED) is 0.791. The molecule has 1 saturated heterocycles. The van der Waals surface area contributed by atoms with E-state index in [-0.39, 0.29) is 5.60 Å². The number of hydrogen-bond donors (Lipinski definition) is 1. The highest BCUT2D eigenvalue weighted by molar-refractivity contribution is 4.87. The first kappa shape index (κ1) is 14.3. The molecule has 2 fully saturated rings. The molecule has 0 aromatic rings. The number of rotatable bonds is 6. The van der Waals surface area contributed by atoms with Crippen molar-refractivity contribution in [2.24, 2.45) is 5.92 Å². The molecule has 0 aromatic heterocycles. The zero-order chi connectivity index (χ0) is 12.7. The fourth-order valence-electron chi connectivity index (χ4n) is 3.13. The Morgan fingerprint density at radius 2 is 1.89 bits per heavy atom. The van der Waals surface area contributed by atoms with Crippen LogP contribution in [0.2, 0.25) is 0 Å². The summed E-state index contributed by atoms with van der Waals surface area (Å²) >= 11 is 0. The average molecular weight is 255 g/mol. The van der Waals surface area contributed by atoms with E-state index in [1.165, 1.54) is 44.9 Å². The van der Waals surface area contributed by atoms with E-state index in [1.54, 1.807) is 0 Å². The van der Waals surface area contributed by atoms with Crippen LogP contribution in [0.15, 0.2) is 0 Å². The highest BCUT2D eigenvalue weighted by atomic mass is 16.5. The van der Waals surface area contributed by atoms with Crippen LogP contribution in [0.3, 0.4) is 0 Å². The first-order valence-corrected chi connectivity index (χ1v) is 7.77. The van der Waals surface area contributed by atoms with Crippen LogP contribution >= 0.6 is 0 Å². The number of nitrogens with one attached hydrogen (secondary N) is 1. The molecule has 1 aliphatic carbocycles. The van der Waals surface area contributed by atoms with E-state index < -0.39 is 0 Å². The van der Waals surface area contributed by atoms with Gasteiger partial charge >= 0.3 is 0 Å². The average Bonchev–Trinajstić information content (AvgIpc) is 2.45. The molecule has 2 aliphatic rings. The predicted molar refractivity (Wildman–Crippen MR) is 73.9 cm³/mol. The Hall–Kier alpha value is -0.120. The predicted octanol–water partition coefficient (Wildman–Crippen LogP) is 2.74. The minimum atomic E-state index is 0.132. The molecule has 106 valence electrons. The highest BCUT2D eigenvalue weighted by Crippen LogP contribution is 2.32. The largest absolute Gasteiger partial charge is 0.381 e. The Balaban J connectivity index is 1.79. The van der Waals surface area contributed by atoms with Crippen molar-refractivity contribution in [1.29, 1.82) is 0 Å². The lowest BCUT2D eigenvalue weighted by atomic mass is 9.84. The first-order valence-electron chi connectivity index (χ1n) is 7.77. The van der Waals surface area contributed by atoms with Crippen molar-refractivity contribution in [3.05, 3.63) is 0 Å². The Morgan fingerprint density at radius 1 is 1.17 bits per heavy atom. The van der Waals surface area contributed by atoms with Gasteiger partial charge in [0.1, 0.15) is 0 Å². The minimum absolute atomic E-state index is 0.132. The van der Waals surface area contributed by atoms with Crippen LogP contribution < -0.4 is 5.32 Å². The van der Waals surface area contributed by atoms with E-state index in [4.69, 9.17) is 9.47 Å². The maximum atomic E-state index is 6.39. The summed E-state index contributed by atoms with van der Waals surface area (Å²) in [6, 6.07) is 0. The Morgan fingerprint density at radius 3 is 2.56 bits per heavy atom. The molecule has 1 heterocycles. The molecule has 0 unspecified atom stereocenters. The van der Waals surface area contributed by atoms with E-state index in [9.17, 15) is 0 Å². The molecule has 0 atom stereocenters. The van der Waals surface area contributed by atoms with Crippen molar-refractivity contribution in [3.63, 3.8) is 0 Å². The van der Waals surface area contributed by atoms with Crippen molar-refractivity contribution >= 4 is 0 Å². The smallest absolute Gasteiger partial charge is 0.0806 e. The van der Waals surface area contributed by atoms with Gasteiger partial charge < -0.3 is 14.8 Å². The van der Waals surface area contributed by atoms with Gasteiger partial charge in [0.15, 0.2) is 0 Å². The maximum Gasteiger partial charge on any atom is 0.0806 e. The second-order valence-corrected chi connectivity index (χ2v) is 5.89. The summed E-state index contributed by atoms with van der Waals surface area (Å²) in [5.41, 5.74) is 0.132. The fourth-order valence-corrected chi connectivity index (χ4v) is 3.13. The molecular weight excluding hydrogens is 226 g/mol. The number of ether oxygens (including phenoxy) is 2. The van der Waals surface area contributed by atoms with Crippen LogP contribution in [-0.2, 0) is 9.47 Å². The third-order valence-corrected chi connectivity index (χ3v) is 4.43. The molecule has 0 spiro atoms. The summed E-state index contributed by atoms with van der Waals surface area (Å²) in [4.78, 5) is 0. The second-order valence-electron chi connectivity index (χ2n) is 5.89. The zero-order valence-electron chi connectivity index (χ0n) is 11.9. The molecule has 0 radical (unpaired) electrons. The minimum Gasteiger partial charge on any atom is -0.381 e. The van der Waals surface area contributed by atoms with Gasteiger partial charge in [0.2, 0.25) is 0 Å². The molecule has 1 saturated carbocycles. The van der Waals surface area contributed by atoms with Gasteiger partial charge in [-0.3, -0.25) is 0 Å². The monoisotopic (exact) mass is 255 g/mol. The molecule has 18 heavy (non-hydrogen) atoms. The van der Waals surface area contributed by atoms with Crippen LogP contribution in [0.25, 0.3) is 0 Å². The molecule has 2 rings (SSSR count). The summed E-state index contributed by atoms with van der Waals surface area (Å²) in [6.07, 6.45) is 8.88. The summed E-state index contributed by atoms with van der Waals surface area (Å²) in [5, 5.41) is 3.50. The van der Waals surface area contributed by atoms with Crippen molar-refractivity contribution in [2.75, 3.05) is 32.9 Å². The molecule has 0 aromatic carbocycles. The Bertz CT molecular complexity index is 221. The normalized spacial score (nSPS) is 25.2. The van der Waals surface area contributed by atoms with Crippen LogP contribution in [-0.4, -0.2) is 38.5 Å². The van der Waals surface area contributed by atoms with E-state index in [0.29, 0.717) is 0 Å². The van der Waals surface area contributed by atoms with Gasteiger partial charge in [0.05, 0.1) is 12.2 Å². The molecule has 0 bridgehead atoms. The third-order valence-electron chi connectivity index (χ3n) is 4.43.